The van der Waals surface area contributed by atoms with Gasteiger partial charge in [-0.15, -0.1) is 11.8 Å². The lowest BCUT2D eigenvalue weighted by Gasteiger charge is -2.29. The van der Waals surface area contributed by atoms with E-state index in [0.29, 0.717) is 15.8 Å². The van der Waals surface area contributed by atoms with Crippen molar-refractivity contribution in [3.05, 3.63) is 99.5 Å². The number of aliphatic hydroxyl groups is 1. The summed E-state index contributed by atoms with van der Waals surface area (Å²) in [5.74, 6) is 0.486. The number of rotatable bonds is 5. The summed E-state index contributed by atoms with van der Waals surface area (Å²) in [6, 6.07) is 22.9. The molecule has 3 aromatic carbocycles. The van der Waals surface area contributed by atoms with E-state index in [2.05, 4.69) is 25.1 Å². The van der Waals surface area contributed by atoms with E-state index >= 15 is 0 Å². The van der Waals surface area contributed by atoms with Crippen LogP contribution in [0.15, 0.2) is 77.7 Å². The van der Waals surface area contributed by atoms with E-state index in [1.54, 1.807) is 36.0 Å². The van der Waals surface area contributed by atoms with Crippen molar-refractivity contribution in [3.63, 3.8) is 0 Å². The predicted octanol–water partition coefficient (Wildman–Crippen LogP) is 6.33. The average Bonchev–Trinajstić information content (AvgIpc) is 2.61. The molecule has 0 saturated heterocycles. The van der Waals surface area contributed by atoms with Gasteiger partial charge < -0.3 is 5.11 Å². The van der Waals surface area contributed by atoms with Crippen LogP contribution in [0.5, 0.6) is 0 Å². The highest BCUT2D eigenvalue weighted by Crippen LogP contribution is 2.36. The molecule has 0 saturated carbocycles. The summed E-state index contributed by atoms with van der Waals surface area (Å²) in [6.45, 7) is 2.06. The van der Waals surface area contributed by atoms with Crippen molar-refractivity contribution in [2.45, 2.75) is 17.4 Å². The van der Waals surface area contributed by atoms with Crippen molar-refractivity contribution in [1.82, 2.24) is 0 Å². The zero-order valence-corrected chi connectivity index (χ0v) is 16.1. The zero-order valence-electron chi connectivity index (χ0n) is 13.7. The molecule has 128 valence electrons. The summed E-state index contributed by atoms with van der Waals surface area (Å²) in [4.78, 5) is 1.13. The van der Waals surface area contributed by atoms with Crippen molar-refractivity contribution in [3.8, 4) is 0 Å². The van der Waals surface area contributed by atoms with Gasteiger partial charge in [-0.3, -0.25) is 0 Å². The standard InChI is InChI=1S/C21H18Cl2OS/c1-15-3-2-4-20(13-15)25-14-21(24,16-5-9-18(22)10-6-16)17-7-11-19(23)12-8-17/h2-13,24H,14H2,1H3. The van der Waals surface area contributed by atoms with Gasteiger partial charge in [0.2, 0.25) is 0 Å². The fraction of sp³-hybridized carbons (Fsp3) is 0.143. The van der Waals surface area contributed by atoms with Crippen molar-refractivity contribution in [2.75, 3.05) is 5.75 Å². The molecule has 0 radical (unpaired) electrons. The molecule has 1 nitrogen and oxygen atoms in total. The monoisotopic (exact) mass is 388 g/mol. The molecule has 0 amide bonds. The SMILES string of the molecule is Cc1cccc(SCC(O)(c2ccc(Cl)cc2)c2ccc(Cl)cc2)c1. The Hall–Kier alpha value is -1.45. The Morgan fingerprint density at radius 1 is 0.840 bits per heavy atom. The minimum Gasteiger partial charge on any atom is -0.380 e. The van der Waals surface area contributed by atoms with Crippen molar-refractivity contribution in [1.29, 1.82) is 0 Å². The molecule has 0 atom stereocenters. The van der Waals surface area contributed by atoms with Crippen LogP contribution < -0.4 is 0 Å². The Balaban J connectivity index is 1.96. The van der Waals surface area contributed by atoms with Gasteiger partial charge in [0.15, 0.2) is 0 Å². The number of hydrogen-bond acceptors (Lipinski definition) is 2. The minimum absolute atomic E-state index is 0.486. The maximum atomic E-state index is 11.6. The van der Waals surface area contributed by atoms with E-state index in [9.17, 15) is 5.11 Å². The second-order valence-corrected chi connectivity index (χ2v) is 7.90. The van der Waals surface area contributed by atoms with E-state index in [-0.39, 0.29) is 0 Å². The van der Waals surface area contributed by atoms with Crippen LogP contribution in [0.1, 0.15) is 16.7 Å². The number of thioether (sulfide) groups is 1. The topological polar surface area (TPSA) is 20.2 Å². The first-order valence-electron chi connectivity index (χ1n) is 7.91. The van der Waals surface area contributed by atoms with Gasteiger partial charge in [0, 0.05) is 20.7 Å². The predicted molar refractivity (Wildman–Crippen MR) is 108 cm³/mol. The number of hydrogen-bond donors (Lipinski definition) is 1. The molecule has 0 aliphatic carbocycles. The van der Waals surface area contributed by atoms with Crippen LogP contribution in [-0.2, 0) is 5.60 Å². The van der Waals surface area contributed by atoms with Gasteiger partial charge >= 0.3 is 0 Å². The smallest absolute Gasteiger partial charge is 0.124 e. The van der Waals surface area contributed by atoms with Gasteiger partial charge in [0.05, 0.1) is 0 Å². The van der Waals surface area contributed by atoms with E-state index in [4.69, 9.17) is 23.2 Å². The second kappa shape index (κ2) is 7.84. The van der Waals surface area contributed by atoms with E-state index in [1.807, 2.05) is 30.3 Å². The van der Waals surface area contributed by atoms with Crippen LogP contribution in [0, 0.1) is 6.92 Å². The Morgan fingerprint density at radius 2 is 1.36 bits per heavy atom. The molecule has 0 bridgehead atoms. The molecule has 4 heteroatoms. The van der Waals surface area contributed by atoms with Crippen LogP contribution in [0.4, 0.5) is 0 Å². The van der Waals surface area contributed by atoms with E-state index in [1.165, 1.54) is 5.56 Å². The average molecular weight is 389 g/mol. The molecule has 0 unspecified atom stereocenters. The molecule has 0 aromatic heterocycles. The normalized spacial score (nSPS) is 11.5. The molecular weight excluding hydrogens is 371 g/mol. The summed E-state index contributed by atoms with van der Waals surface area (Å²) in [6.07, 6.45) is 0. The summed E-state index contributed by atoms with van der Waals surface area (Å²) in [7, 11) is 0. The molecule has 1 N–H and O–H groups in total. The molecular formula is C21H18Cl2OS. The highest BCUT2D eigenvalue weighted by atomic mass is 35.5. The Kier molecular flexibility index (Phi) is 5.75. The maximum Gasteiger partial charge on any atom is 0.124 e. The van der Waals surface area contributed by atoms with Gasteiger partial charge in [-0.2, -0.15) is 0 Å². The fourth-order valence-electron chi connectivity index (χ4n) is 2.68. The van der Waals surface area contributed by atoms with Crippen molar-refractivity contribution in [2.24, 2.45) is 0 Å². The maximum absolute atomic E-state index is 11.6. The Morgan fingerprint density at radius 3 is 1.84 bits per heavy atom. The third-order valence-corrected chi connectivity index (χ3v) is 5.73. The summed E-state index contributed by atoms with van der Waals surface area (Å²) < 4.78 is 0. The largest absolute Gasteiger partial charge is 0.380 e. The first kappa shape index (κ1) is 18.3. The molecule has 0 spiro atoms. The summed E-state index contributed by atoms with van der Waals surface area (Å²) in [5, 5.41) is 12.9. The van der Waals surface area contributed by atoms with Gasteiger partial charge in [0.25, 0.3) is 0 Å². The minimum atomic E-state index is -1.14. The molecule has 0 fully saturated rings. The van der Waals surface area contributed by atoms with Crippen molar-refractivity contribution < 1.29 is 5.11 Å². The summed E-state index contributed by atoms with van der Waals surface area (Å²) >= 11 is 13.7. The first-order valence-corrected chi connectivity index (χ1v) is 9.65. The molecule has 3 aromatic rings. The number of halogens is 2. The third kappa shape index (κ3) is 4.39. The molecule has 3 rings (SSSR count). The van der Waals surface area contributed by atoms with Gasteiger partial charge in [0.1, 0.15) is 5.60 Å². The fourth-order valence-corrected chi connectivity index (χ4v) is 4.08. The van der Waals surface area contributed by atoms with Crippen LogP contribution in [0.3, 0.4) is 0 Å². The van der Waals surface area contributed by atoms with Gasteiger partial charge in [-0.1, -0.05) is 65.2 Å². The highest BCUT2D eigenvalue weighted by Gasteiger charge is 2.31. The second-order valence-electron chi connectivity index (χ2n) is 5.98. The van der Waals surface area contributed by atoms with Crippen LogP contribution in [-0.4, -0.2) is 10.9 Å². The van der Waals surface area contributed by atoms with E-state index in [0.717, 1.165) is 16.0 Å². The third-order valence-electron chi connectivity index (χ3n) is 4.08. The quantitative estimate of drug-likeness (QED) is 0.515. The molecule has 0 aliphatic rings. The van der Waals surface area contributed by atoms with Gasteiger partial charge in [-0.05, 0) is 54.4 Å². The molecule has 0 aliphatic heterocycles. The molecule has 25 heavy (non-hydrogen) atoms. The van der Waals surface area contributed by atoms with Crippen molar-refractivity contribution >= 4 is 35.0 Å². The highest BCUT2D eigenvalue weighted by molar-refractivity contribution is 7.99. The van der Waals surface area contributed by atoms with Crippen LogP contribution in [0.2, 0.25) is 10.0 Å². The lowest BCUT2D eigenvalue weighted by molar-refractivity contribution is 0.107. The van der Waals surface area contributed by atoms with Crippen LogP contribution >= 0.6 is 35.0 Å². The van der Waals surface area contributed by atoms with E-state index < -0.39 is 5.60 Å². The Labute approximate surface area is 162 Å². The number of aryl methyl sites for hydroxylation is 1. The number of benzene rings is 3. The molecule has 0 heterocycles. The summed E-state index contributed by atoms with van der Waals surface area (Å²) in [5.41, 5.74) is 1.68. The van der Waals surface area contributed by atoms with Gasteiger partial charge in [-0.25, -0.2) is 0 Å². The van der Waals surface area contributed by atoms with Crippen LogP contribution in [0.25, 0.3) is 0 Å². The zero-order chi connectivity index (χ0) is 17.9. The first-order chi connectivity index (χ1) is 12.0. The lowest BCUT2D eigenvalue weighted by atomic mass is 9.88. The lowest BCUT2D eigenvalue weighted by Crippen LogP contribution is -2.30. The Bertz CT molecular complexity index is 799.